The normalized spacial score (nSPS) is 40.8. The lowest BCUT2D eigenvalue weighted by Crippen LogP contribution is -2.61. The number of hydrogen-bond donors (Lipinski definition) is 0. The van der Waals surface area contributed by atoms with Gasteiger partial charge >= 0.3 is 5.97 Å². The topological polar surface area (TPSA) is 89.5 Å². The van der Waals surface area contributed by atoms with Crippen LogP contribution in [0.5, 0.6) is 0 Å². The van der Waals surface area contributed by atoms with Gasteiger partial charge in [0.2, 0.25) is 0 Å². The van der Waals surface area contributed by atoms with Gasteiger partial charge in [-0.05, 0) is 35.9 Å². The van der Waals surface area contributed by atoms with Gasteiger partial charge in [-0.15, -0.1) is 0 Å². The Kier molecular flexibility index (Phi) is 6.81. The van der Waals surface area contributed by atoms with Gasteiger partial charge in [0.15, 0.2) is 5.79 Å². The number of rotatable bonds is 9. The average Bonchev–Trinajstić information content (AvgIpc) is 3.28. The molecule has 6 aliphatic heterocycles. The van der Waals surface area contributed by atoms with Crippen LogP contribution < -0.4 is 0 Å². The van der Waals surface area contributed by atoms with Gasteiger partial charge in [0, 0.05) is 25.7 Å². The van der Waals surface area contributed by atoms with E-state index in [1.54, 1.807) is 12.1 Å². The van der Waals surface area contributed by atoms with Crippen molar-refractivity contribution in [1.82, 2.24) is 0 Å². The van der Waals surface area contributed by atoms with Gasteiger partial charge in [-0.2, -0.15) is 0 Å². The van der Waals surface area contributed by atoms with E-state index in [9.17, 15) is 9.59 Å². The van der Waals surface area contributed by atoms with E-state index in [4.69, 9.17) is 28.4 Å². The highest BCUT2D eigenvalue weighted by molar-refractivity contribution is 9.11. The van der Waals surface area contributed by atoms with Crippen LogP contribution in [0.2, 0.25) is 0 Å². The van der Waals surface area contributed by atoms with E-state index in [0.717, 1.165) is 23.6 Å². The lowest BCUT2D eigenvalue weighted by atomic mass is 9.87. The number of esters is 1. The number of fused-ring (bicyclic) bond motifs is 1. The number of benzene rings is 1. The lowest BCUT2D eigenvalue weighted by Gasteiger charge is -2.47. The van der Waals surface area contributed by atoms with E-state index < -0.39 is 11.9 Å². The molecule has 6 bridgehead atoms. The second-order valence-corrected chi connectivity index (χ2v) is 11.5. The largest absolute Gasteiger partial charge is 0.458 e. The molecule has 0 aliphatic carbocycles. The molecule has 36 heavy (non-hydrogen) atoms. The average molecular weight is 563 g/mol. The first-order valence-electron chi connectivity index (χ1n) is 12.8. The van der Waals surface area contributed by atoms with E-state index in [1.807, 2.05) is 18.2 Å². The first kappa shape index (κ1) is 24.7. The fraction of sp³-hybridized carbons (Fsp3) is 0.630. The van der Waals surface area contributed by atoms with Gasteiger partial charge in [0.25, 0.3) is 0 Å². The summed E-state index contributed by atoms with van der Waals surface area (Å²) in [4.78, 5) is 23.8. The molecular weight excluding hydrogens is 532 g/mol. The summed E-state index contributed by atoms with van der Waals surface area (Å²) in [6.45, 7) is 3.94. The van der Waals surface area contributed by atoms with Crippen LogP contribution in [0.1, 0.15) is 55.3 Å². The van der Waals surface area contributed by atoms with Crippen molar-refractivity contribution in [3.63, 3.8) is 0 Å². The molecule has 6 fully saturated rings. The highest BCUT2D eigenvalue weighted by Crippen LogP contribution is 2.54. The number of halogens is 1. The highest BCUT2D eigenvalue weighted by Gasteiger charge is 2.68. The molecule has 0 radical (unpaired) electrons. The maximum Gasteiger partial charge on any atom is 0.338 e. The zero-order chi connectivity index (χ0) is 24.9. The number of ether oxygens (including phenoxy) is 6. The Hall–Kier alpha value is -1.62. The summed E-state index contributed by atoms with van der Waals surface area (Å²) >= 11 is 3.42. The van der Waals surface area contributed by atoms with Crippen LogP contribution in [-0.2, 0) is 33.2 Å². The monoisotopic (exact) mass is 562 g/mol. The molecule has 194 valence electrons. The summed E-state index contributed by atoms with van der Waals surface area (Å²) in [6.07, 6.45) is 3.01. The van der Waals surface area contributed by atoms with Gasteiger partial charge in [-0.3, -0.25) is 0 Å². The molecule has 10 atom stereocenters. The van der Waals surface area contributed by atoms with E-state index in [0.29, 0.717) is 37.7 Å². The summed E-state index contributed by atoms with van der Waals surface area (Å²) in [6, 6.07) is 8.96. The first-order chi connectivity index (χ1) is 17.4. The Bertz CT molecular complexity index is 1000. The van der Waals surface area contributed by atoms with Crippen molar-refractivity contribution in [2.45, 2.75) is 106 Å². The number of aldehydes is 1. The van der Waals surface area contributed by atoms with Crippen molar-refractivity contribution in [3.05, 3.63) is 47.0 Å². The number of carbonyl (C=O) groups is 2. The number of carbonyl (C=O) groups excluding carboxylic acids is 2. The molecule has 0 aromatic heterocycles. The second kappa shape index (κ2) is 9.93. The minimum Gasteiger partial charge on any atom is -0.458 e. The summed E-state index contributed by atoms with van der Waals surface area (Å²) in [5, 5.41) is 0. The SMILES string of the molecule is C=C(Br)C[C@H](CC[C@@]12CC3O[C@H]4C(O1)[C@H]1OC(CC=O)CCC1O[C@H]4C3O2)OC(=O)c1ccccc1. The summed E-state index contributed by atoms with van der Waals surface area (Å²) < 4.78 is 39.0. The van der Waals surface area contributed by atoms with Gasteiger partial charge in [0.1, 0.15) is 42.9 Å². The van der Waals surface area contributed by atoms with Gasteiger partial charge < -0.3 is 33.2 Å². The van der Waals surface area contributed by atoms with Crippen molar-refractivity contribution in [3.8, 4) is 0 Å². The summed E-state index contributed by atoms with van der Waals surface area (Å²) in [5.41, 5.74) is 0.509. The number of hydrogen-bond acceptors (Lipinski definition) is 8. The van der Waals surface area contributed by atoms with Crippen LogP contribution in [0.3, 0.4) is 0 Å². The van der Waals surface area contributed by atoms with E-state index >= 15 is 0 Å². The van der Waals surface area contributed by atoms with Gasteiger partial charge in [-0.1, -0.05) is 40.7 Å². The Balaban J connectivity index is 1.18. The molecule has 6 heterocycles. The molecule has 9 heteroatoms. The van der Waals surface area contributed by atoms with Crippen molar-refractivity contribution < 1.29 is 38.0 Å². The van der Waals surface area contributed by atoms with Gasteiger partial charge in [-0.25, -0.2) is 4.79 Å². The minimum atomic E-state index is -0.867. The third-order valence-corrected chi connectivity index (χ3v) is 8.29. The summed E-state index contributed by atoms with van der Waals surface area (Å²) in [7, 11) is 0. The van der Waals surface area contributed by atoms with Crippen molar-refractivity contribution in [2.24, 2.45) is 0 Å². The minimum absolute atomic E-state index is 0.0993. The van der Waals surface area contributed by atoms with E-state index in [2.05, 4.69) is 22.5 Å². The van der Waals surface area contributed by atoms with Crippen LogP contribution >= 0.6 is 15.9 Å². The zero-order valence-corrected chi connectivity index (χ0v) is 21.5. The van der Waals surface area contributed by atoms with E-state index in [-0.39, 0.29) is 54.8 Å². The van der Waals surface area contributed by atoms with Crippen molar-refractivity contribution in [1.29, 1.82) is 0 Å². The molecule has 8 nitrogen and oxygen atoms in total. The molecule has 7 rings (SSSR count). The highest BCUT2D eigenvalue weighted by atomic mass is 79.9. The van der Waals surface area contributed by atoms with Crippen LogP contribution in [0.4, 0.5) is 0 Å². The molecule has 0 spiro atoms. The smallest absolute Gasteiger partial charge is 0.338 e. The Morgan fingerprint density at radius 2 is 1.81 bits per heavy atom. The Labute approximate surface area is 218 Å². The van der Waals surface area contributed by atoms with Crippen LogP contribution in [-0.4, -0.2) is 73.0 Å². The molecule has 6 aliphatic rings. The Morgan fingerprint density at radius 3 is 2.58 bits per heavy atom. The molecule has 0 amide bonds. The molecule has 1 aromatic rings. The van der Waals surface area contributed by atoms with E-state index in [1.165, 1.54) is 0 Å². The molecule has 1 aromatic carbocycles. The van der Waals surface area contributed by atoms with Crippen molar-refractivity contribution in [2.75, 3.05) is 0 Å². The van der Waals surface area contributed by atoms with Crippen LogP contribution in [0.15, 0.2) is 41.4 Å². The Morgan fingerprint density at radius 1 is 1.06 bits per heavy atom. The maximum atomic E-state index is 12.7. The molecule has 5 unspecified atom stereocenters. The third kappa shape index (κ3) is 4.59. The van der Waals surface area contributed by atoms with Crippen molar-refractivity contribution >= 4 is 28.2 Å². The van der Waals surface area contributed by atoms with Crippen LogP contribution in [0, 0.1) is 0 Å². The predicted octanol–water partition coefficient (Wildman–Crippen LogP) is 3.85. The van der Waals surface area contributed by atoms with Crippen LogP contribution in [0.25, 0.3) is 0 Å². The first-order valence-corrected chi connectivity index (χ1v) is 13.6. The molecule has 6 saturated heterocycles. The molecule has 0 N–H and O–H groups in total. The quantitative estimate of drug-likeness (QED) is 0.331. The van der Waals surface area contributed by atoms with Gasteiger partial charge in [0.05, 0.1) is 23.9 Å². The fourth-order valence-electron chi connectivity index (χ4n) is 6.38. The lowest BCUT2D eigenvalue weighted by molar-refractivity contribution is -0.292. The predicted molar refractivity (Wildman–Crippen MR) is 131 cm³/mol. The standard InChI is InChI=1S/C27H31BrO8/c1-15(28)13-18(32-26(30)16-5-3-2-4-6-16)9-11-27-14-20-22(35-27)23-24(34-20)25(36-27)21-19(33-23)8-7-17(31-21)10-12-29/h2-6,12,17-25H,1,7-11,13-14H2/t17?,18-,19?,20?,21-,22?,23-,24+,25?,27-/m0/s1. The second-order valence-electron chi connectivity index (χ2n) is 10.4. The fourth-order valence-corrected chi connectivity index (χ4v) is 6.74. The zero-order valence-electron chi connectivity index (χ0n) is 20.0. The molecule has 0 saturated carbocycles. The molecular formula is C27H31BrO8. The maximum absolute atomic E-state index is 12.7. The summed E-state index contributed by atoms with van der Waals surface area (Å²) in [5.74, 6) is -1.23. The third-order valence-electron chi connectivity index (χ3n) is 7.97.